The number of hydrogen-bond donors (Lipinski definition) is 3. The summed E-state index contributed by atoms with van der Waals surface area (Å²) < 4.78 is 5.94. The molecule has 0 spiro atoms. The molecule has 3 rings (SSSR count). The number of aromatic amines is 1. The van der Waals surface area contributed by atoms with Crippen molar-refractivity contribution in [3.8, 4) is 16.9 Å². The maximum atomic E-state index is 11.9. The van der Waals surface area contributed by atoms with Crippen LogP contribution in [0.25, 0.3) is 11.1 Å². The van der Waals surface area contributed by atoms with E-state index in [9.17, 15) is 4.79 Å². The molecule has 1 unspecified atom stereocenters. The summed E-state index contributed by atoms with van der Waals surface area (Å²) in [5.41, 5.74) is 5.97. The van der Waals surface area contributed by atoms with E-state index in [4.69, 9.17) is 10.6 Å². The van der Waals surface area contributed by atoms with Gasteiger partial charge in [-0.05, 0) is 37.1 Å². The van der Waals surface area contributed by atoms with Crippen LogP contribution in [0.15, 0.2) is 54.6 Å². The minimum absolute atomic E-state index is 0.392. The van der Waals surface area contributed by atoms with E-state index in [1.165, 1.54) is 0 Å². The summed E-state index contributed by atoms with van der Waals surface area (Å²) in [6, 6.07) is 17.9. The van der Waals surface area contributed by atoms with Gasteiger partial charge >= 0.3 is 0 Å². The summed E-state index contributed by atoms with van der Waals surface area (Å²) in [4.78, 5) is 11.9. The number of amides is 1. The van der Waals surface area contributed by atoms with Crippen molar-refractivity contribution in [1.82, 2.24) is 15.6 Å². The summed E-state index contributed by atoms with van der Waals surface area (Å²) in [5, 5.41) is 6.98. The first kappa shape index (κ1) is 16.7. The molecule has 0 saturated carbocycles. The number of aryl methyl sites for hydroxylation is 1. The van der Waals surface area contributed by atoms with Crippen molar-refractivity contribution in [2.45, 2.75) is 20.0 Å². The summed E-state index contributed by atoms with van der Waals surface area (Å²) in [6.45, 7) is 3.61. The number of nitrogens with two attached hydrogens (primary N) is 1. The summed E-state index contributed by atoms with van der Waals surface area (Å²) in [5.74, 6) is 5.55. The Morgan fingerprint density at radius 3 is 2.40 bits per heavy atom. The van der Waals surface area contributed by atoms with Gasteiger partial charge in [-0.25, -0.2) is 5.84 Å². The van der Waals surface area contributed by atoms with E-state index in [0.717, 1.165) is 11.1 Å². The third kappa shape index (κ3) is 3.54. The lowest BCUT2D eigenvalue weighted by atomic mass is 10.1. The molecule has 4 N–H and O–H groups in total. The fourth-order valence-corrected chi connectivity index (χ4v) is 2.72. The number of hydrazine groups is 1. The van der Waals surface area contributed by atoms with Crippen molar-refractivity contribution in [1.29, 1.82) is 0 Å². The zero-order chi connectivity index (χ0) is 17.8. The van der Waals surface area contributed by atoms with Gasteiger partial charge in [-0.15, -0.1) is 0 Å². The van der Waals surface area contributed by atoms with Crippen molar-refractivity contribution in [3.05, 3.63) is 71.5 Å². The SMILES string of the molecule is Cc1[nH]nc(C(C)Oc2ccc(-c3ccccc3)cc2)c1C(=O)NN. The minimum Gasteiger partial charge on any atom is -0.484 e. The first-order chi connectivity index (χ1) is 12.1. The molecule has 0 aliphatic carbocycles. The molecule has 25 heavy (non-hydrogen) atoms. The van der Waals surface area contributed by atoms with Crippen LogP contribution < -0.4 is 16.0 Å². The highest BCUT2D eigenvalue weighted by Crippen LogP contribution is 2.27. The smallest absolute Gasteiger partial charge is 0.269 e. The highest BCUT2D eigenvalue weighted by atomic mass is 16.5. The van der Waals surface area contributed by atoms with Gasteiger partial charge in [-0.1, -0.05) is 42.5 Å². The second-order valence-electron chi connectivity index (χ2n) is 5.73. The van der Waals surface area contributed by atoms with Gasteiger partial charge in [0.2, 0.25) is 0 Å². The molecule has 0 aliphatic rings. The largest absolute Gasteiger partial charge is 0.484 e. The number of nitrogen functional groups attached to an aromatic ring is 1. The van der Waals surface area contributed by atoms with Gasteiger partial charge in [-0.3, -0.25) is 15.3 Å². The quantitative estimate of drug-likeness (QED) is 0.379. The molecule has 1 atom stereocenters. The zero-order valence-corrected chi connectivity index (χ0v) is 14.1. The standard InChI is InChI=1S/C19H20N4O2/c1-12-17(19(24)21-20)18(23-22-12)13(2)25-16-10-8-15(9-11-16)14-6-4-3-5-7-14/h3-11,13H,20H2,1-2H3,(H,21,24)(H,22,23). The second-order valence-corrected chi connectivity index (χ2v) is 5.73. The molecule has 1 heterocycles. The molecule has 0 radical (unpaired) electrons. The fourth-order valence-electron chi connectivity index (χ4n) is 2.72. The van der Waals surface area contributed by atoms with Gasteiger partial charge < -0.3 is 4.74 Å². The number of carbonyl (C=O) groups excluding carboxylic acids is 1. The van der Waals surface area contributed by atoms with Gasteiger partial charge in [0, 0.05) is 5.69 Å². The van der Waals surface area contributed by atoms with E-state index < -0.39 is 12.0 Å². The molecule has 0 fully saturated rings. The molecule has 6 heteroatoms. The van der Waals surface area contributed by atoms with Crippen LogP contribution in [0.2, 0.25) is 0 Å². The fraction of sp³-hybridized carbons (Fsp3) is 0.158. The Morgan fingerprint density at radius 2 is 1.76 bits per heavy atom. The number of ether oxygens (including phenoxy) is 1. The second kappa shape index (κ2) is 7.19. The molecule has 2 aromatic carbocycles. The Balaban J connectivity index is 1.78. The topological polar surface area (TPSA) is 93.0 Å². The van der Waals surface area contributed by atoms with Gasteiger partial charge in [0.25, 0.3) is 5.91 Å². The summed E-state index contributed by atoms with van der Waals surface area (Å²) >= 11 is 0. The van der Waals surface area contributed by atoms with Crippen molar-refractivity contribution < 1.29 is 9.53 Å². The van der Waals surface area contributed by atoms with Crippen LogP contribution in [0.5, 0.6) is 5.75 Å². The number of carbonyl (C=O) groups is 1. The van der Waals surface area contributed by atoms with Crippen molar-refractivity contribution in [3.63, 3.8) is 0 Å². The molecular formula is C19H20N4O2. The number of benzene rings is 2. The van der Waals surface area contributed by atoms with Crippen molar-refractivity contribution in [2.75, 3.05) is 0 Å². The highest BCUT2D eigenvalue weighted by molar-refractivity contribution is 5.96. The van der Waals surface area contributed by atoms with Gasteiger partial charge in [0.15, 0.2) is 0 Å². The molecular weight excluding hydrogens is 316 g/mol. The Labute approximate surface area is 146 Å². The third-order valence-corrected chi connectivity index (χ3v) is 3.99. The van der Waals surface area contributed by atoms with E-state index in [2.05, 4.69) is 27.8 Å². The van der Waals surface area contributed by atoms with Crippen molar-refractivity contribution >= 4 is 5.91 Å². The van der Waals surface area contributed by atoms with E-state index in [0.29, 0.717) is 22.7 Å². The third-order valence-electron chi connectivity index (χ3n) is 3.99. The Kier molecular flexibility index (Phi) is 4.81. The molecule has 0 saturated heterocycles. The van der Waals surface area contributed by atoms with E-state index >= 15 is 0 Å². The van der Waals surface area contributed by atoms with Crippen LogP contribution >= 0.6 is 0 Å². The summed E-state index contributed by atoms with van der Waals surface area (Å²) in [7, 11) is 0. The van der Waals surface area contributed by atoms with Gasteiger partial charge in [0.1, 0.15) is 17.5 Å². The van der Waals surface area contributed by atoms with E-state index in [1.807, 2.05) is 49.4 Å². The van der Waals surface area contributed by atoms with Crippen LogP contribution in [0.3, 0.4) is 0 Å². The number of nitrogens with zero attached hydrogens (tertiary/aromatic N) is 1. The van der Waals surface area contributed by atoms with Crippen molar-refractivity contribution in [2.24, 2.45) is 5.84 Å². The summed E-state index contributed by atoms with van der Waals surface area (Å²) in [6.07, 6.45) is -0.403. The van der Waals surface area contributed by atoms with Crippen LogP contribution in [-0.4, -0.2) is 16.1 Å². The highest BCUT2D eigenvalue weighted by Gasteiger charge is 2.23. The molecule has 3 aromatic rings. The first-order valence-electron chi connectivity index (χ1n) is 7.98. The maximum absolute atomic E-state index is 11.9. The molecule has 128 valence electrons. The van der Waals surface area contributed by atoms with E-state index in [1.54, 1.807) is 6.92 Å². The normalized spacial score (nSPS) is 11.8. The minimum atomic E-state index is -0.403. The lowest BCUT2D eigenvalue weighted by molar-refractivity contribution is 0.0948. The van der Waals surface area contributed by atoms with Crippen LogP contribution in [0.4, 0.5) is 0 Å². The molecule has 1 amide bonds. The van der Waals surface area contributed by atoms with Crippen LogP contribution in [0, 0.1) is 6.92 Å². The van der Waals surface area contributed by atoms with Crippen LogP contribution in [-0.2, 0) is 0 Å². The lowest BCUT2D eigenvalue weighted by Crippen LogP contribution is -2.31. The Hall–Kier alpha value is -3.12. The number of aromatic nitrogens is 2. The van der Waals surface area contributed by atoms with Gasteiger partial charge in [-0.2, -0.15) is 5.10 Å². The number of H-pyrrole nitrogens is 1. The number of rotatable bonds is 5. The van der Waals surface area contributed by atoms with E-state index in [-0.39, 0.29) is 0 Å². The molecule has 1 aromatic heterocycles. The average Bonchev–Trinajstić information content (AvgIpc) is 3.04. The number of hydrogen-bond acceptors (Lipinski definition) is 4. The monoisotopic (exact) mass is 336 g/mol. The predicted octanol–water partition coefficient (Wildman–Crippen LogP) is 3.13. The average molecular weight is 336 g/mol. The predicted molar refractivity (Wildman–Crippen MR) is 95.9 cm³/mol. The first-order valence-corrected chi connectivity index (χ1v) is 7.98. The maximum Gasteiger partial charge on any atom is 0.269 e. The number of nitrogens with one attached hydrogen (secondary N) is 2. The van der Waals surface area contributed by atoms with Gasteiger partial charge in [0.05, 0.1) is 5.56 Å². The zero-order valence-electron chi connectivity index (χ0n) is 14.1. The van der Waals surface area contributed by atoms with Crippen LogP contribution in [0.1, 0.15) is 34.8 Å². The Bertz CT molecular complexity index is 857. The Morgan fingerprint density at radius 1 is 1.12 bits per heavy atom. The molecule has 6 nitrogen and oxygen atoms in total. The lowest BCUT2D eigenvalue weighted by Gasteiger charge is -2.14. The molecule has 0 aliphatic heterocycles. The molecule has 0 bridgehead atoms.